The standard InChI is InChI=1S/C19H20BrNO5S/c1-25-19(22)18(27(23,24)16-9-7-15(20)8-10-16)17(11-12-21)26-13-14-5-3-2-4-6-14/h2-10,12,17-18,21H,11,13H2,1H3. The molecular formula is C19H20BrNO5S. The topological polar surface area (TPSA) is 93.5 Å². The zero-order chi connectivity index (χ0) is 19.9. The fraction of sp³-hybridized carbons (Fsp3) is 0.263. The Hall–Kier alpha value is -2.03. The van der Waals surface area contributed by atoms with Crippen LogP contribution in [0.15, 0.2) is 64.0 Å². The Morgan fingerprint density at radius 2 is 1.78 bits per heavy atom. The first kappa shape index (κ1) is 21.3. The molecule has 0 spiro atoms. The maximum absolute atomic E-state index is 13.1. The molecule has 8 heteroatoms. The SMILES string of the molecule is COC(=O)C(C(CC=N)OCc1ccccc1)S(=O)(=O)c1ccc(Br)cc1. The minimum absolute atomic E-state index is 0.0145. The average molecular weight is 454 g/mol. The van der Waals surface area contributed by atoms with Gasteiger partial charge in [-0.25, -0.2) is 8.42 Å². The highest BCUT2D eigenvalue weighted by Gasteiger charge is 2.42. The highest BCUT2D eigenvalue weighted by atomic mass is 79.9. The number of methoxy groups -OCH3 is 1. The van der Waals surface area contributed by atoms with Crippen LogP contribution in [0.3, 0.4) is 0 Å². The molecule has 0 radical (unpaired) electrons. The van der Waals surface area contributed by atoms with Gasteiger partial charge in [0.05, 0.1) is 24.7 Å². The zero-order valence-corrected chi connectivity index (χ0v) is 17.1. The molecule has 0 saturated carbocycles. The van der Waals surface area contributed by atoms with Crippen molar-refractivity contribution in [2.45, 2.75) is 29.3 Å². The Morgan fingerprint density at radius 1 is 1.15 bits per heavy atom. The largest absolute Gasteiger partial charge is 0.468 e. The fourth-order valence-corrected chi connectivity index (χ4v) is 4.55. The molecule has 0 bridgehead atoms. The Bertz CT molecular complexity index is 869. The summed E-state index contributed by atoms with van der Waals surface area (Å²) in [5.41, 5.74) is 0.831. The van der Waals surface area contributed by atoms with Gasteiger partial charge >= 0.3 is 5.97 Å². The van der Waals surface area contributed by atoms with Crippen molar-refractivity contribution in [3.63, 3.8) is 0 Å². The third-order valence-electron chi connectivity index (χ3n) is 3.90. The Kier molecular flexibility index (Phi) is 7.70. The number of ether oxygens (including phenoxy) is 2. The monoisotopic (exact) mass is 453 g/mol. The van der Waals surface area contributed by atoms with Crippen LogP contribution < -0.4 is 0 Å². The van der Waals surface area contributed by atoms with Crippen LogP contribution in [0, 0.1) is 5.41 Å². The summed E-state index contributed by atoms with van der Waals surface area (Å²) < 4.78 is 37.4. The van der Waals surface area contributed by atoms with Gasteiger partial charge in [0.15, 0.2) is 15.1 Å². The van der Waals surface area contributed by atoms with E-state index in [4.69, 9.17) is 14.9 Å². The first-order valence-electron chi connectivity index (χ1n) is 8.12. The van der Waals surface area contributed by atoms with Crippen molar-refractivity contribution in [3.8, 4) is 0 Å². The smallest absolute Gasteiger partial charge is 0.327 e. The molecule has 0 saturated heterocycles. The van der Waals surface area contributed by atoms with E-state index in [1.165, 1.54) is 12.1 Å². The van der Waals surface area contributed by atoms with Gasteiger partial charge in [-0.15, -0.1) is 0 Å². The van der Waals surface area contributed by atoms with Gasteiger partial charge in [-0.3, -0.25) is 4.79 Å². The molecule has 2 aromatic rings. The number of rotatable bonds is 9. The highest BCUT2D eigenvalue weighted by molar-refractivity contribution is 9.10. The number of nitrogens with one attached hydrogen (secondary N) is 1. The summed E-state index contributed by atoms with van der Waals surface area (Å²) >= 11 is 3.26. The second-order valence-corrected chi connectivity index (χ2v) is 8.70. The summed E-state index contributed by atoms with van der Waals surface area (Å²) in [7, 11) is -2.95. The number of hydrogen-bond acceptors (Lipinski definition) is 6. The van der Waals surface area contributed by atoms with E-state index in [1.807, 2.05) is 30.3 Å². The van der Waals surface area contributed by atoms with Crippen LogP contribution >= 0.6 is 15.9 Å². The number of halogens is 1. The molecule has 27 heavy (non-hydrogen) atoms. The number of esters is 1. The van der Waals surface area contributed by atoms with Crippen LogP contribution in [-0.2, 0) is 30.7 Å². The van der Waals surface area contributed by atoms with Crippen molar-refractivity contribution < 1.29 is 22.7 Å². The number of benzene rings is 2. The van der Waals surface area contributed by atoms with Crippen molar-refractivity contribution in [3.05, 3.63) is 64.6 Å². The number of hydrogen-bond donors (Lipinski definition) is 1. The fourth-order valence-electron chi connectivity index (χ4n) is 2.54. The summed E-state index contributed by atoms with van der Waals surface area (Å²) in [6.07, 6.45) is -0.0609. The predicted octanol–water partition coefficient (Wildman–Crippen LogP) is 3.39. The van der Waals surface area contributed by atoms with E-state index < -0.39 is 27.2 Å². The Labute approximate surface area is 167 Å². The first-order valence-corrected chi connectivity index (χ1v) is 10.5. The molecule has 0 aliphatic heterocycles. The lowest BCUT2D eigenvalue weighted by Gasteiger charge is -2.24. The second kappa shape index (κ2) is 9.77. The summed E-state index contributed by atoms with van der Waals surface area (Å²) in [6, 6.07) is 15.2. The molecule has 1 N–H and O–H groups in total. The molecule has 0 heterocycles. The molecule has 0 aliphatic rings. The van der Waals surface area contributed by atoms with E-state index >= 15 is 0 Å². The van der Waals surface area contributed by atoms with E-state index in [2.05, 4.69) is 15.9 Å². The molecule has 144 valence electrons. The van der Waals surface area contributed by atoms with Gasteiger partial charge in [-0.1, -0.05) is 46.3 Å². The molecule has 2 atom stereocenters. The maximum Gasteiger partial charge on any atom is 0.327 e. The lowest BCUT2D eigenvalue weighted by molar-refractivity contribution is -0.143. The van der Waals surface area contributed by atoms with Gasteiger partial charge in [0.25, 0.3) is 0 Å². The van der Waals surface area contributed by atoms with E-state index in [-0.39, 0.29) is 17.9 Å². The molecule has 2 aromatic carbocycles. The van der Waals surface area contributed by atoms with Crippen LogP contribution in [-0.4, -0.2) is 39.1 Å². The van der Waals surface area contributed by atoms with Crippen molar-refractivity contribution in [2.75, 3.05) is 7.11 Å². The van der Waals surface area contributed by atoms with E-state index in [0.717, 1.165) is 18.9 Å². The van der Waals surface area contributed by atoms with Crippen molar-refractivity contribution >= 4 is 38.0 Å². The molecule has 2 unspecified atom stereocenters. The van der Waals surface area contributed by atoms with Crippen LogP contribution in [0.25, 0.3) is 0 Å². The van der Waals surface area contributed by atoms with E-state index in [9.17, 15) is 13.2 Å². The molecule has 2 rings (SSSR count). The molecule has 0 fully saturated rings. The second-order valence-electron chi connectivity index (χ2n) is 5.72. The van der Waals surface area contributed by atoms with Gasteiger partial charge in [-0.05, 0) is 36.0 Å². The van der Waals surface area contributed by atoms with Gasteiger partial charge in [-0.2, -0.15) is 0 Å². The van der Waals surface area contributed by atoms with Crippen LogP contribution in [0.4, 0.5) is 0 Å². The summed E-state index contributed by atoms with van der Waals surface area (Å²) in [5, 5.41) is 5.81. The Morgan fingerprint density at radius 3 is 2.33 bits per heavy atom. The zero-order valence-electron chi connectivity index (χ0n) is 14.7. The van der Waals surface area contributed by atoms with Gasteiger partial charge in [0.1, 0.15) is 0 Å². The van der Waals surface area contributed by atoms with Gasteiger partial charge < -0.3 is 14.9 Å². The number of sulfone groups is 1. The molecule has 0 aliphatic carbocycles. The minimum Gasteiger partial charge on any atom is -0.468 e. The minimum atomic E-state index is -4.08. The van der Waals surface area contributed by atoms with E-state index in [1.54, 1.807) is 12.1 Å². The quantitative estimate of drug-likeness (QED) is 0.463. The normalized spacial score (nSPS) is 13.6. The Balaban J connectivity index is 2.36. The van der Waals surface area contributed by atoms with E-state index in [0.29, 0.717) is 4.47 Å². The average Bonchev–Trinajstić information content (AvgIpc) is 2.67. The third kappa shape index (κ3) is 5.47. The predicted molar refractivity (Wildman–Crippen MR) is 106 cm³/mol. The van der Waals surface area contributed by atoms with Crippen LogP contribution in [0.2, 0.25) is 0 Å². The van der Waals surface area contributed by atoms with Gasteiger partial charge in [0.2, 0.25) is 0 Å². The van der Waals surface area contributed by atoms with Crippen molar-refractivity contribution in [1.82, 2.24) is 0 Å². The third-order valence-corrected chi connectivity index (χ3v) is 6.53. The maximum atomic E-state index is 13.1. The van der Waals surface area contributed by atoms with Crippen LogP contribution in [0.5, 0.6) is 0 Å². The molecular weight excluding hydrogens is 434 g/mol. The van der Waals surface area contributed by atoms with Crippen molar-refractivity contribution in [2.24, 2.45) is 0 Å². The molecule has 6 nitrogen and oxygen atoms in total. The first-order chi connectivity index (χ1) is 12.9. The lowest BCUT2D eigenvalue weighted by atomic mass is 10.2. The summed E-state index contributed by atoms with van der Waals surface area (Å²) in [6.45, 7) is 0.114. The summed E-state index contributed by atoms with van der Waals surface area (Å²) in [5.74, 6) is -0.919. The van der Waals surface area contributed by atoms with Gasteiger partial charge in [0, 0.05) is 10.9 Å². The lowest BCUT2D eigenvalue weighted by Crippen LogP contribution is -2.43. The molecule has 0 amide bonds. The highest BCUT2D eigenvalue weighted by Crippen LogP contribution is 2.25. The number of carbonyl (C=O) groups is 1. The summed E-state index contributed by atoms with van der Waals surface area (Å²) in [4.78, 5) is 12.3. The van der Waals surface area contributed by atoms with Crippen LogP contribution in [0.1, 0.15) is 12.0 Å². The number of carbonyl (C=O) groups excluding carboxylic acids is 1. The van der Waals surface area contributed by atoms with Crippen molar-refractivity contribution in [1.29, 1.82) is 5.41 Å². The molecule has 0 aromatic heterocycles.